The van der Waals surface area contributed by atoms with Crippen LogP contribution in [0.1, 0.15) is 54.7 Å². The minimum absolute atomic E-state index is 0.0780. The van der Waals surface area contributed by atoms with Gasteiger partial charge in [-0.25, -0.2) is 9.37 Å². The molecule has 2 heterocycles. The van der Waals surface area contributed by atoms with Crippen LogP contribution in [0.3, 0.4) is 0 Å². The number of nitrogens with zero attached hydrogens (tertiary/aromatic N) is 2. The highest BCUT2D eigenvalue weighted by Gasteiger charge is 2.22. The van der Waals surface area contributed by atoms with Crippen LogP contribution in [0.15, 0.2) is 42.6 Å². The van der Waals surface area contributed by atoms with E-state index >= 15 is 0 Å². The van der Waals surface area contributed by atoms with Gasteiger partial charge in [-0.05, 0) is 82.1 Å². The monoisotopic (exact) mass is 478 g/mol. The summed E-state index contributed by atoms with van der Waals surface area (Å²) in [5.74, 6) is -0.281. The molecule has 2 aromatic carbocycles. The molecule has 4 rings (SSSR count). The third kappa shape index (κ3) is 5.93. The zero-order valence-corrected chi connectivity index (χ0v) is 20.4. The molecule has 3 aromatic rings. The van der Waals surface area contributed by atoms with Gasteiger partial charge < -0.3 is 26.4 Å². The second-order valence-electron chi connectivity index (χ2n) is 9.50. The van der Waals surface area contributed by atoms with Crippen LogP contribution in [0.4, 0.5) is 27.5 Å². The number of hydrogen-bond donors (Lipinski definition) is 5. The molecule has 0 atom stereocenters. The van der Waals surface area contributed by atoms with Crippen LogP contribution in [0.2, 0.25) is 0 Å². The number of carbonyl (C=O) groups is 1. The van der Waals surface area contributed by atoms with Crippen LogP contribution in [-0.4, -0.2) is 33.6 Å². The van der Waals surface area contributed by atoms with Crippen molar-refractivity contribution < 1.29 is 14.3 Å². The van der Waals surface area contributed by atoms with Gasteiger partial charge >= 0.3 is 0 Å². The molecule has 1 aliphatic rings. The van der Waals surface area contributed by atoms with Gasteiger partial charge in [0.25, 0.3) is 5.91 Å². The fourth-order valence-corrected chi connectivity index (χ4v) is 3.94. The van der Waals surface area contributed by atoms with Crippen molar-refractivity contribution in [2.45, 2.75) is 52.3 Å². The number of carbonyl (C=O) groups excluding carboxylic acids is 1. The van der Waals surface area contributed by atoms with E-state index < -0.39 is 11.4 Å². The molecule has 0 aliphatic carbocycles. The quantitative estimate of drug-likeness (QED) is 0.347. The van der Waals surface area contributed by atoms with Gasteiger partial charge in [0.15, 0.2) is 0 Å². The number of nitrogens with one attached hydrogen (secondary N) is 4. The summed E-state index contributed by atoms with van der Waals surface area (Å²) < 4.78 is 14.3. The molecule has 9 heteroatoms. The van der Waals surface area contributed by atoms with E-state index in [9.17, 15) is 14.3 Å². The summed E-state index contributed by atoms with van der Waals surface area (Å²) in [6.45, 7) is 8.54. The van der Waals surface area contributed by atoms with Crippen LogP contribution in [0.5, 0.6) is 0 Å². The Morgan fingerprint density at radius 1 is 1.11 bits per heavy atom. The normalized spacial score (nSPS) is 13.3. The van der Waals surface area contributed by atoms with Gasteiger partial charge in [0, 0.05) is 35.7 Å². The third-order valence-electron chi connectivity index (χ3n) is 5.69. The summed E-state index contributed by atoms with van der Waals surface area (Å²) in [6.07, 6.45) is 2.40. The molecule has 35 heavy (non-hydrogen) atoms. The van der Waals surface area contributed by atoms with Crippen molar-refractivity contribution in [3.63, 3.8) is 0 Å². The van der Waals surface area contributed by atoms with E-state index in [2.05, 4.69) is 43.4 Å². The molecule has 0 spiro atoms. The molecule has 1 amide bonds. The number of aliphatic hydroxyl groups is 1. The number of amides is 1. The summed E-state index contributed by atoms with van der Waals surface area (Å²) in [4.78, 5) is 21.7. The molecule has 0 saturated carbocycles. The molecule has 0 unspecified atom stereocenters. The lowest BCUT2D eigenvalue weighted by atomic mass is 9.97. The van der Waals surface area contributed by atoms with Crippen molar-refractivity contribution in [3.8, 4) is 0 Å². The van der Waals surface area contributed by atoms with Gasteiger partial charge in [-0.2, -0.15) is 4.98 Å². The van der Waals surface area contributed by atoms with Crippen molar-refractivity contribution in [1.29, 1.82) is 0 Å². The van der Waals surface area contributed by atoms with E-state index in [1.807, 2.05) is 19.9 Å². The Bertz CT molecular complexity index is 1240. The van der Waals surface area contributed by atoms with Crippen molar-refractivity contribution >= 4 is 29.0 Å². The van der Waals surface area contributed by atoms with E-state index in [0.29, 0.717) is 11.6 Å². The number of halogens is 1. The Balaban J connectivity index is 1.67. The van der Waals surface area contributed by atoms with Crippen LogP contribution >= 0.6 is 0 Å². The van der Waals surface area contributed by atoms with E-state index in [-0.39, 0.29) is 28.9 Å². The number of fused-ring (bicyclic) bond motifs is 1. The molecule has 1 aliphatic heterocycles. The minimum atomic E-state index is -1.38. The lowest BCUT2D eigenvalue weighted by Gasteiger charge is -2.20. The second-order valence-corrected chi connectivity index (χ2v) is 9.50. The molecule has 0 saturated heterocycles. The summed E-state index contributed by atoms with van der Waals surface area (Å²) in [5, 5.41) is 22.9. The SMILES string of the molecule is CC(C)NC(=O)c1cnc(Nc2ccc3c(c2)CCNC3)nc1Nc1ccc(F)c(C(C)(C)O)c1. The Labute approximate surface area is 204 Å². The zero-order valence-electron chi connectivity index (χ0n) is 20.4. The molecule has 0 radical (unpaired) electrons. The average Bonchev–Trinajstić information content (AvgIpc) is 2.79. The highest BCUT2D eigenvalue weighted by atomic mass is 19.1. The van der Waals surface area contributed by atoms with E-state index in [1.165, 1.54) is 49.4 Å². The zero-order chi connectivity index (χ0) is 25.2. The smallest absolute Gasteiger partial charge is 0.256 e. The van der Waals surface area contributed by atoms with Gasteiger partial charge in [-0.3, -0.25) is 4.79 Å². The highest BCUT2D eigenvalue weighted by Crippen LogP contribution is 2.29. The fourth-order valence-electron chi connectivity index (χ4n) is 3.94. The van der Waals surface area contributed by atoms with Crippen LogP contribution in [0, 0.1) is 5.82 Å². The van der Waals surface area contributed by atoms with Crippen molar-refractivity contribution in [2.24, 2.45) is 0 Å². The lowest BCUT2D eigenvalue weighted by molar-refractivity contribution is 0.0746. The Morgan fingerprint density at radius 3 is 2.60 bits per heavy atom. The Morgan fingerprint density at radius 2 is 1.86 bits per heavy atom. The van der Waals surface area contributed by atoms with Crippen molar-refractivity contribution in [3.05, 3.63) is 70.7 Å². The Kier molecular flexibility index (Phi) is 7.00. The van der Waals surface area contributed by atoms with Crippen LogP contribution < -0.4 is 21.3 Å². The van der Waals surface area contributed by atoms with Gasteiger partial charge in [-0.1, -0.05) is 6.07 Å². The molecular weight excluding hydrogens is 447 g/mol. The first-order chi connectivity index (χ1) is 16.6. The van der Waals surface area contributed by atoms with Gasteiger partial charge in [0.2, 0.25) is 5.95 Å². The molecule has 184 valence electrons. The largest absolute Gasteiger partial charge is 0.386 e. The molecular formula is C26H31FN6O2. The first-order valence-electron chi connectivity index (χ1n) is 11.7. The summed E-state index contributed by atoms with van der Waals surface area (Å²) in [5.41, 5.74) is 2.87. The number of rotatable bonds is 7. The van der Waals surface area contributed by atoms with Gasteiger partial charge in [-0.15, -0.1) is 0 Å². The maximum absolute atomic E-state index is 14.3. The lowest BCUT2D eigenvalue weighted by Crippen LogP contribution is -2.31. The first kappa shape index (κ1) is 24.6. The maximum Gasteiger partial charge on any atom is 0.256 e. The molecule has 1 aromatic heterocycles. The minimum Gasteiger partial charge on any atom is -0.386 e. The van der Waals surface area contributed by atoms with Crippen LogP contribution in [-0.2, 0) is 18.6 Å². The van der Waals surface area contributed by atoms with E-state index in [0.717, 1.165) is 25.2 Å². The average molecular weight is 479 g/mol. The van der Waals surface area contributed by atoms with Gasteiger partial charge in [0.1, 0.15) is 17.2 Å². The predicted molar refractivity (Wildman–Crippen MR) is 135 cm³/mol. The standard InChI is InChI=1S/C26H31FN6O2/c1-15(2)30-24(34)20-14-29-25(32-18-6-5-17-13-28-10-9-16(17)11-18)33-23(20)31-19-7-8-22(27)21(12-19)26(3,4)35/h5-8,11-12,14-15,28,35H,9-10,13H2,1-4H3,(H,30,34)(H2,29,31,32,33). The predicted octanol–water partition coefficient (Wildman–Crippen LogP) is 4.11. The summed E-state index contributed by atoms with van der Waals surface area (Å²) >= 11 is 0. The fraction of sp³-hybridized carbons (Fsp3) is 0.346. The molecule has 0 fully saturated rings. The van der Waals surface area contributed by atoms with Crippen molar-refractivity contribution in [1.82, 2.24) is 20.6 Å². The van der Waals surface area contributed by atoms with E-state index in [1.54, 1.807) is 0 Å². The first-order valence-corrected chi connectivity index (χ1v) is 11.7. The second kappa shape index (κ2) is 9.97. The highest BCUT2D eigenvalue weighted by molar-refractivity contribution is 5.99. The van der Waals surface area contributed by atoms with Crippen LogP contribution in [0.25, 0.3) is 0 Å². The summed E-state index contributed by atoms with van der Waals surface area (Å²) in [6, 6.07) is 10.4. The summed E-state index contributed by atoms with van der Waals surface area (Å²) in [7, 11) is 0. The van der Waals surface area contributed by atoms with E-state index in [4.69, 9.17) is 0 Å². The molecule has 8 nitrogen and oxygen atoms in total. The molecule has 0 bridgehead atoms. The van der Waals surface area contributed by atoms with Gasteiger partial charge in [0.05, 0.1) is 5.60 Å². The number of hydrogen-bond acceptors (Lipinski definition) is 7. The number of anilines is 4. The third-order valence-corrected chi connectivity index (χ3v) is 5.69. The topological polar surface area (TPSA) is 111 Å². The molecule has 5 N–H and O–H groups in total. The maximum atomic E-state index is 14.3. The number of benzene rings is 2. The van der Waals surface area contributed by atoms with Crippen molar-refractivity contribution in [2.75, 3.05) is 17.2 Å². The Hall–Kier alpha value is -3.56. The number of aromatic nitrogens is 2.